The number of rotatable bonds is 2. The van der Waals surface area contributed by atoms with Gasteiger partial charge in [-0.3, -0.25) is 4.79 Å². The summed E-state index contributed by atoms with van der Waals surface area (Å²) >= 11 is 0. The highest BCUT2D eigenvalue weighted by molar-refractivity contribution is 5.93. The average Bonchev–Trinajstić information content (AvgIpc) is 2.78. The van der Waals surface area contributed by atoms with Crippen molar-refractivity contribution in [1.29, 1.82) is 0 Å². The van der Waals surface area contributed by atoms with E-state index >= 15 is 0 Å². The van der Waals surface area contributed by atoms with Gasteiger partial charge in [0.1, 0.15) is 11.5 Å². The molecule has 1 atom stereocenters. The molecule has 0 spiro atoms. The Labute approximate surface area is 114 Å². The SMILES string of the molecule is CC(=O)c1nc(C2CCCN(C)C2)n2c1CCCC2. The van der Waals surface area contributed by atoms with Crippen LogP contribution in [0.1, 0.15) is 60.5 Å². The normalized spacial score (nSPS) is 24.2. The average molecular weight is 261 g/mol. The molecule has 1 aromatic heterocycles. The Morgan fingerprint density at radius 1 is 1.26 bits per heavy atom. The Kier molecular flexibility index (Phi) is 3.44. The first-order valence-corrected chi connectivity index (χ1v) is 7.45. The van der Waals surface area contributed by atoms with Crippen molar-refractivity contribution in [3.8, 4) is 0 Å². The highest BCUT2D eigenvalue weighted by Gasteiger charge is 2.28. The number of aromatic nitrogens is 2. The quantitative estimate of drug-likeness (QED) is 0.766. The molecular weight excluding hydrogens is 238 g/mol. The summed E-state index contributed by atoms with van der Waals surface area (Å²) < 4.78 is 2.35. The minimum Gasteiger partial charge on any atom is -0.331 e. The van der Waals surface area contributed by atoms with Crippen LogP contribution in [0.2, 0.25) is 0 Å². The molecule has 1 fully saturated rings. The molecule has 2 aliphatic heterocycles. The molecule has 1 unspecified atom stereocenters. The van der Waals surface area contributed by atoms with E-state index in [1.165, 1.54) is 43.7 Å². The molecule has 104 valence electrons. The lowest BCUT2D eigenvalue weighted by molar-refractivity contribution is 0.101. The molecule has 1 aromatic rings. The predicted octanol–water partition coefficient (Wildman–Crippen LogP) is 2.23. The van der Waals surface area contributed by atoms with Crippen molar-refractivity contribution in [2.24, 2.45) is 0 Å². The van der Waals surface area contributed by atoms with Crippen molar-refractivity contribution in [3.05, 3.63) is 17.2 Å². The third kappa shape index (κ3) is 2.34. The van der Waals surface area contributed by atoms with E-state index in [4.69, 9.17) is 4.98 Å². The summed E-state index contributed by atoms with van der Waals surface area (Å²) in [6, 6.07) is 0. The monoisotopic (exact) mass is 261 g/mol. The Morgan fingerprint density at radius 3 is 2.84 bits per heavy atom. The molecule has 19 heavy (non-hydrogen) atoms. The van der Waals surface area contributed by atoms with E-state index in [2.05, 4.69) is 16.5 Å². The fraction of sp³-hybridized carbons (Fsp3) is 0.733. The van der Waals surface area contributed by atoms with Gasteiger partial charge in [-0.1, -0.05) is 0 Å². The summed E-state index contributed by atoms with van der Waals surface area (Å²) in [4.78, 5) is 18.9. The lowest BCUT2D eigenvalue weighted by Crippen LogP contribution is -2.32. The van der Waals surface area contributed by atoms with Gasteiger partial charge in [-0.15, -0.1) is 0 Å². The van der Waals surface area contributed by atoms with Crippen molar-refractivity contribution in [2.45, 2.75) is 51.5 Å². The van der Waals surface area contributed by atoms with Crippen LogP contribution in [0.25, 0.3) is 0 Å². The number of fused-ring (bicyclic) bond motifs is 1. The van der Waals surface area contributed by atoms with Gasteiger partial charge in [0.2, 0.25) is 0 Å². The summed E-state index contributed by atoms with van der Waals surface area (Å²) in [6.45, 7) is 4.96. The van der Waals surface area contributed by atoms with Crippen LogP contribution in [0.3, 0.4) is 0 Å². The number of likely N-dealkylation sites (N-methyl/N-ethyl adjacent to an activating group) is 1. The lowest BCUT2D eigenvalue weighted by atomic mass is 9.97. The van der Waals surface area contributed by atoms with Crippen LogP contribution < -0.4 is 0 Å². The summed E-state index contributed by atoms with van der Waals surface area (Å²) in [5, 5.41) is 0. The number of likely N-dealkylation sites (tertiary alicyclic amines) is 1. The van der Waals surface area contributed by atoms with Crippen molar-refractivity contribution in [3.63, 3.8) is 0 Å². The van der Waals surface area contributed by atoms with Gasteiger partial charge < -0.3 is 9.47 Å². The number of carbonyl (C=O) groups excluding carboxylic acids is 1. The molecule has 2 aliphatic rings. The van der Waals surface area contributed by atoms with Gasteiger partial charge in [-0.25, -0.2) is 4.98 Å². The van der Waals surface area contributed by atoms with E-state index in [1.807, 2.05) is 0 Å². The summed E-state index contributed by atoms with van der Waals surface area (Å²) in [5.74, 6) is 1.80. The van der Waals surface area contributed by atoms with E-state index in [0.29, 0.717) is 5.92 Å². The molecule has 4 heteroatoms. The maximum atomic E-state index is 11.8. The van der Waals surface area contributed by atoms with Gasteiger partial charge in [0.15, 0.2) is 5.78 Å². The van der Waals surface area contributed by atoms with Crippen LogP contribution in [-0.2, 0) is 13.0 Å². The van der Waals surface area contributed by atoms with Crippen molar-refractivity contribution >= 4 is 5.78 Å². The Morgan fingerprint density at radius 2 is 2.11 bits per heavy atom. The smallest absolute Gasteiger partial charge is 0.179 e. The highest BCUT2D eigenvalue weighted by Crippen LogP contribution is 2.30. The van der Waals surface area contributed by atoms with E-state index in [0.717, 1.165) is 25.2 Å². The Balaban J connectivity index is 1.98. The van der Waals surface area contributed by atoms with Crippen LogP contribution in [0, 0.1) is 0 Å². The number of hydrogen-bond acceptors (Lipinski definition) is 3. The maximum absolute atomic E-state index is 11.8. The zero-order valence-electron chi connectivity index (χ0n) is 12.0. The second kappa shape index (κ2) is 5.08. The van der Waals surface area contributed by atoms with Crippen LogP contribution in [0.15, 0.2) is 0 Å². The van der Waals surface area contributed by atoms with Gasteiger partial charge in [-0.05, 0) is 45.7 Å². The first kappa shape index (κ1) is 12.9. The zero-order valence-corrected chi connectivity index (χ0v) is 12.0. The molecule has 3 rings (SSSR count). The number of carbonyl (C=O) groups is 1. The number of piperidine rings is 1. The topological polar surface area (TPSA) is 38.1 Å². The van der Waals surface area contributed by atoms with Gasteiger partial charge >= 0.3 is 0 Å². The number of imidazole rings is 1. The molecule has 3 heterocycles. The van der Waals surface area contributed by atoms with Crippen LogP contribution >= 0.6 is 0 Å². The third-order valence-corrected chi connectivity index (χ3v) is 4.47. The van der Waals surface area contributed by atoms with E-state index in [9.17, 15) is 4.79 Å². The number of hydrogen-bond donors (Lipinski definition) is 0. The van der Waals surface area contributed by atoms with Crippen molar-refractivity contribution in [2.75, 3.05) is 20.1 Å². The van der Waals surface area contributed by atoms with E-state index in [1.54, 1.807) is 6.92 Å². The minimum atomic E-state index is 0.126. The molecular formula is C15H23N3O. The van der Waals surface area contributed by atoms with Crippen molar-refractivity contribution < 1.29 is 4.79 Å². The second-order valence-electron chi connectivity index (χ2n) is 6.03. The molecule has 0 amide bonds. The molecule has 0 bridgehead atoms. The molecule has 0 saturated carbocycles. The molecule has 0 aliphatic carbocycles. The third-order valence-electron chi connectivity index (χ3n) is 4.47. The largest absolute Gasteiger partial charge is 0.331 e. The summed E-state index contributed by atoms with van der Waals surface area (Å²) in [5.41, 5.74) is 1.94. The number of Topliss-reactive ketones (excluding diaryl/α,β-unsaturated/α-hetero) is 1. The van der Waals surface area contributed by atoms with Gasteiger partial charge in [0, 0.05) is 31.6 Å². The lowest BCUT2D eigenvalue weighted by Gasteiger charge is -2.30. The Hall–Kier alpha value is -1.16. The zero-order chi connectivity index (χ0) is 13.4. The van der Waals surface area contributed by atoms with Crippen LogP contribution in [-0.4, -0.2) is 40.4 Å². The standard InChI is InChI=1S/C15H23N3O/c1-11(19)14-13-7-3-4-9-18(13)15(16-14)12-6-5-8-17(2)10-12/h12H,3-10H2,1-2H3. The van der Waals surface area contributed by atoms with Gasteiger partial charge in [-0.2, -0.15) is 0 Å². The molecule has 0 N–H and O–H groups in total. The van der Waals surface area contributed by atoms with Crippen molar-refractivity contribution in [1.82, 2.24) is 14.5 Å². The molecule has 1 saturated heterocycles. The second-order valence-corrected chi connectivity index (χ2v) is 6.03. The fourth-order valence-electron chi connectivity index (χ4n) is 3.54. The highest BCUT2D eigenvalue weighted by atomic mass is 16.1. The predicted molar refractivity (Wildman–Crippen MR) is 74.6 cm³/mol. The molecule has 4 nitrogen and oxygen atoms in total. The summed E-state index contributed by atoms with van der Waals surface area (Å²) in [6.07, 6.45) is 5.87. The number of ketones is 1. The van der Waals surface area contributed by atoms with Gasteiger partial charge in [0.05, 0.1) is 0 Å². The van der Waals surface area contributed by atoms with E-state index in [-0.39, 0.29) is 5.78 Å². The fourth-order valence-corrected chi connectivity index (χ4v) is 3.54. The van der Waals surface area contributed by atoms with E-state index < -0.39 is 0 Å². The van der Waals surface area contributed by atoms with Gasteiger partial charge in [0.25, 0.3) is 0 Å². The molecule has 0 radical (unpaired) electrons. The molecule has 0 aromatic carbocycles. The maximum Gasteiger partial charge on any atom is 0.179 e. The minimum absolute atomic E-state index is 0.126. The first-order valence-electron chi connectivity index (χ1n) is 7.45. The summed E-state index contributed by atoms with van der Waals surface area (Å²) in [7, 11) is 2.18. The number of nitrogens with zero attached hydrogens (tertiary/aromatic N) is 3. The van der Waals surface area contributed by atoms with Crippen LogP contribution in [0.4, 0.5) is 0 Å². The van der Waals surface area contributed by atoms with Crippen LogP contribution in [0.5, 0.6) is 0 Å². The first-order chi connectivity index (χ1) is 9.16. The Bertz CT molecular complexity index is 492.